The van der Waals surface area contributed by atoms with Crippen LogP contribution in [0.2, 0.25) is 0 Å². The van der Waals surface area contributed by atoms with Crippen molar-refractivity contribution in [1.82, 2.24) is 16.0 Å². The maximum Gasteiger partial charge on any atom is 0.220 e. The van der Waals surface area contributed by atoms with Crippen LogP contribution in [0.4, 0.5) is 0 Å². The molecular weight excluding hydrogens is 483 g/mol. The second-order valence-electron chi connectivity index (χ2n) is 7.97. The lowest BCUT2D eigenvalue weighted by Gasteiger charge is -2.21. The Balaban J connectivity index is 0.00000420. The van der Waals surface area contributed by atoms with Gasteiger partial charge in [0.2, 0.25) is 5.91 Å². The van der Waals surface area contributed by atoms with Crippen molar-refractivity contribution in [1.29, 1.82) is 0 Å². The van der Waals surface area contributed by atoms with Crippen molar-refractivity contribution in [2.24, 2.45) is 16.8 Å². The summed E-state index contributed by atoms with van der Waals surface area (Å²) in [6.45, 7) is 5.48. The third-order valence-corrected chi connectivity index (χ3v) is 5.61. The van der Waals surface area contributed by atoms with Gasteiger partial charge in [-0.25, -0.2) is 0 Å². The summed E-state index contributed by atoms with van der Waals surface area (Å²) in [5.41, 5.74) is 0. The van der Waals surface area contributed by atoms with E-state index in [1.807, 2.05) is 0 Å². The average molecular weight is 524 g/mol. The van der Waals surface area contributed by atoms with Gasteiger partial charge in [0.25, 0.3) is 0 Å². The molecule has 2 rings (SSSR count). The number of amides is 1. The molecule has 1 heterocycles. The number of rotatable bonds is 11. The molecule has 1 saturated carbocycles. The molecular formula is C21H41IN4O3. The number of carbonyl (C=O) groups excluding carboxylic acids is 1. The molecule has 1 saturated heterocycles. The van der Waals surface area contributed by atoms with E-state index < -0.39 is 0 Å². The Bertz CT molecular complexity index is 453. The van der Waals surface area contributed by atoms with Crippen LogP contribution in [0.1, 0.15) is 57.8 Å². The SMILES string of the molecule is CN=C(NCCCOCC1CCOCC1)NCCNC(=O)CC1CCCCC1.I. The van der Waals surface area contributed by atoms with E-state index in [1.54, 1.807) is 7.05 Å². The van der Waals surface area contributed by atoms with Gasteiger partial charge < -0.3 is 25.4 Å². The fourth-order valence-corrected chi connectivity index (χ4v) is 3.87. The monoisotopic (exact) mass is 524 g/mol. The van der Waals surface area contributed by atoms with Crippen molar-refractivity contribution in [3.63, 3.8) is 0 Å². The molecule has 0 spiro atoms. The number of carbonyl (C=O) groups is 1. The van der Waals surface area contributed by atoms with E-state index in [2.05, 4.69) is 20.9 Å². The molecule has 7 nitrogen and oxygen atoms in total. The molecule has 0 aromatic carbocycles. The third-order valence-electron chi connectivity index (χ3n) is 5.61. The van der Waals surface area contributed by atoms with Crippen LogP contribution in [-0.4, -0.2) is 65.0 Å². The average Bonchev–Trinajstić information content (AvgIpc) is 2.73. The minimum atomic E-state index is 0. The summed E-state index contributed by atoms with van der Waals surface area (Å²) in [6, 6.07) is 0. The molecule has 2 aliphatic rings. The Hall–Kier alpha value is -0.610. The summed E-state index contributed by atoms with van der Waals surface area (Å²) in [7, 11) is 1.76. The molecule has 0 bridgehead atoms. The summed E-state index contributed by atoms with van der Waals surface area (Å²) in [6.07, 6.45) is 10.2. The molecule has 0 unspecified atom stereocenters. The second-order valence-corrected chi connectivity index (χ2v) is 7.97. The van der Waals surface area contributed by atoms with E-state index in [0.29, 0.717) is 31.3 Å². The Morgan fingerprint density at radius 1 is 0.966 bits per heavy atom. The van der Waals surface area contributed by atoms with Crippen molar-refractivity contribution < 1.29 is 14.3 Å². The highest BCUT2D eigenvalue weighted by Crippen LogP contribution is 2.25. The molecule has 2 fully saturated rings. The lowest BCUT2D eigenvalue weighted by Crippen LogP contribution is -2.42. The number of hydrogen-bond acceptors (Lipinski definition) is 4. The smallest absolute Gasteiger partial charge is 0.220 e. The van der Waals surface area contributed by atoms with Crippen LogP contribution in [0.5, 0.6) is 0 Å². The van der Waals surface area contributed by atoms with Gasteiger partial charge in [0, 0.05) is 59.5 Å². The van der Waals surface area contributed by atoms with Gasteiger partial charge in [0.1, 0.15) is 0 Å². The van der Waals surface area contributed by atoms with Gasteiger partial charge in [-0.3, -0.25) is 9.79 Å². The van der Waals surface area contributed by atoms with E-state index in [4.69, 9.17) is 9.47 Å². The Morgan fingerprint density at radius 2 is 1.66 bits per heavy atom. The van der Waals surface area contributed by atoms with E-state index in [1.165, 1.54) is 32.1 Å². The third kappa shape index (κ3) is 12.6. The van der Waals surface area contributed by atoms with Crippen LogP contribution in [0.15, 0.2) is 4.99 Å². The van der Waals surface area contributed by atoms with Gasteiger partial charge in [0.05, 0.1) is 0 Å². The van der Waals surface area contributed by atoms with Crippen molar-refractivity contribution in [3.05, 3.63) is 0 Å². The van der Waals surface area contributed by atoms with E-state index in [-0.39, 0.29) is 29.9 Å². The standard InChI is InChI=1S/C21H40N4O3.HI/c1-22-21(24-10-5-13-28-17-19-8-14-27-15-9-19)25-12-11-23-20(26)16-18-6-3-2-4-7-18;/h18-19H,2-17H2,1H3,(H,23,26)(H2,22,24,25);1H. The lowest BCUT2D eigenvalue weighted by molar-refractivity contribution is -0.122. The number of hydrogen-bond donors (Lipinski definition) is 3. The summed E-state index contributed by atoms with van der Waals surface area (Å²) in [5, 5.41) is 9.54. The van der Waals surface area contributed by atoms with E-state index >= 15 is 0 Å². The number of nitrogens with zero attached hydrogens (tertiary/aromatic N) is 1. The Kier molecular flexibility index (Phi) is 15.6. The van der Waals surface area contributed by atoms with Gasteiger partial charge in [-0.2, -0.15) is 0 Å². The van der Waals surface area contributed by atoms with Gasteiger partial charge in [-0.05, 0) is 43.9 Å². The Labute approximate surface area is 193 Å². The number of halogens is 1. The maximum absolute atomic E-state index is 12.0. The highest BCUT2D eigenvalue weighted by molar-refractivity contribution is 14.0. The molecule has 1 aliphatic carbocycles. The topological polar surface area (TPSA) is 84.0 Å². The first-order valence-electron chi connectivity index (χ1n) is 11.1. The zero-order valence-electron chi connectivity index (χ0n) is 18.0. The van der Waals surface area contributed by atoms with Crippen molar-refractivity contribution >= 4 is 35.8 Å². The molecule has 0 atom stereocenters. The number of nitrogens with one attached hydrogen (secondary N) is 3. The van der Waals surface area contributed by atoms with Crippen LogP contribution in [0, 0.1) is 11.8 Å². The first-order chi connectivity index (χ1) is 13.8. The lowest BCUT2D eigenvalue weighted by atomic mass is 9.87. The fraction of sp³-hybridized carbons (Fsp3) is 0.905. The number of guanidine groups is 1. The summed E-state index contributed by atoms with van der Waals surface area (Å²) >= 11 is 0. The van der Waals surface area contributed by atoms with Crippen LogP contribution >= 0.6 is 24.0 Å². The molecule has 1 amide bonds. The van der Waals surface area contributed by atoms with Gasteiger partial charge in [-0.15, -0.1) is 24.0 Å². The zero-order valence-corrected chi connectivity index (χ0v) is 20.4. The molecule has 3 N–H and O–H groups in total. The van der Waals surface area contributed by atoms with Crippen molar-refractivity contribution in [2.45, 2.75) is 57.8 Å². The summed E-state index contributed by atoms with van der Waals surface area (Å²) in [4.78, 5) is 16.2. The normalized spacial score (nSPS) is 18.7. The minimum absolute atomic E-state index is 0. The predicted octanol–water partition coefficient (Wildman–Crippen LogP) is 2.69. The number of ether oxygens (including phenoxy) is 2. The largest absolute Gasteiger partial charge is 0.381 e. The summed E-state index contributed by atoms with van der Waals surface area (Å²) < 4.78 is 11.1. The highest BCUT2D eigenvalue weighted by Gasteiger charge is 2.16. The van der Waals surface area contributed by atoms with E-state index in [9.17, 15) is 4.79 Å². The second kappa shape index (κ2) is 17.1. The maximum atomic E-state index is 12.0. The van der Waals surface area contributed by atoms with Gasteiger partial charge >= 0.3 is 0 Å². The fourth-order valence-electron chi connectivity index (χ4n) is 3.87. The quantitative estimate of drug-likeness (QED) is 0.168. The van der Waals surface area contributed by atoms with Crippen LogP contribution in [0.3, 0.4) is 0 Å². The molecule has 0 aromatic heterocycles. The first kappa shape index (κ1) is 26.4. The van der Waals surface area contributed by atoms with Crippen LogP contribution in [0.25, 0.3) is 0 Å². The molecule has 0 radical (unpaired) electrons. The van der Waals surface area contributed by atoms with Gasteiger partial charge in [0.15, 0.2) is 5.96 Å². The van der Waals surface area contributed by atoms with Crippen LogP contribution < -0.4 is 16.0 Å². The van der Waals surface area contributed by atoms with Gasteiger partial charge in [-0.1, -0.05) is 19.3 Å². The van der Waals surface area contributed by atoms with E-state index in [0.717, 1.165) is 58.2 Å². The Morgan fingerprint density at radius 3 is 2.38 bits per heavy atom. The van der Waals surface area contributed by atoms with Crippen molar-refractivity contribution in [3.8, 4) is 0 Å². The predicted molar refractivity (Wildman–Crippen MR) is 128 cm³/mol. The highest BCUT2D eigenvalue weighted by atomic mass is 127. The van der Waals surface area contributed by atoms with Crippen molar-refractivity contribution in [2.75, 3.05) is 53.1 Å². The minimum Gasteiger partial charge on any atom is -0.381 e. The summed E-state index contributed by atoms with van der Waals surface area (Å²) in [5.74, 6) is 2.19. The zero-order chi connectivity index (χ0) is 19.9. The molecule has 29 heavy (non-hydrogen) atoms. The number of aliphatic imine (C=N–C) groups is 1. The first-order valence-corrected chi connectivity index (χ1v) is 11.1. The molecule has 1 aliphatic heterocycles. The molecule has 170 valence electrons. The molecule has 8 heteroatoms. The molecule has 0 aromatic rings. The van der Waals surface area contributed by atoms with Crippen LogP contribution in [-0.2, 0) is 14.3 Å².